The zero-order chi connectivity index (χ0) is 8.10. The Morgan fingerprint density at radius 1 is 1.55 bits per heavy atom. The summed E-state index contributed by atoms with van der Waals surface area (Å²) in [6, 6.07) is 3.96. The predicted molar refractivity (Wildman–Crippen MR) is 46.8 cm³/mol. The number of thioether (sulfide) groups is 1. The van der Waals surface area contributed by atoms with Gasteiger partial charge in [-0.25, -0.2) is 4.98 Å². The first-order valence-corrected chi connectivity index (χ1v) is 4.69. The number of aliphatic hydroxyl groups is 1. The molecule has 0 amide bonds. The van der Waals surface area contributed by atoms with Crippen LogP contribution in [-0.2, 0) is 6.42 Å². The molecule has 0 aromatic carbocycles. The van der Waals surface area contributed by atoms with Crippen molar-refractivity contribution in [1.29, 1.82) is 0 Å². The van der Waals surface area contributed by atoms with Crippen LogP contribution in [0.1, 0.15) is 5.56 Å². The molecular weight excluding hydrogens is 158 g/mol. The zero-order valence-corrected chi connectivity index (χ0v) is 7.27. The molecule has 0 bridgehead atoms. The van der Waals surface area contributed by atoms with E-state index >= 15 is 0 Å². The van der Waals surface area contributed by atoms with Crippen molar-refractivity contribution in [3.63, 3.8) is 0 Å². The largest absolute Gasteiger partial charge is 0.396 e. The van der Waals surface area contributed by atoms with Crippen LogP contribution in [0.2, 0.25) is 0 Å². The summed E-state index contributed by atoms with van der Waals surface area (Å²) >= 11 is 1.62. The molecule has 0 aliphatic rings. The van der Waals surface area contributed by atoms with Gasteiger partial charge in [0.2, 0.25) is 0 Å². The maximum Gasteiger partial charge on any atom is 0.0957 e. The maximum absolute atomic E-state index is 8.61. The minimum absolute atomic E-state index is 0.195. The van der Waals surface area contributed by atoms with E-state index in [-0.39, 0.29) is 6.61 Å². The Kier molecular flexibility index (Phi) is 3.39. The second-order valence-corrected chi connectivity index (χ2v) is 3.01. The SMILES string of the molecule is CSc1ccc(CCO)cn1. The van der Waals surface area contributed by atoms with Crippen LogP contribution >= 0.6 is 11.8 Å². The Morgan fingerprint density at radius 3 is 2.82 bits per heavy atom. The van der Waals surface area contributed by atoms with E-state index in [0.29, 0.717) is 6.42 Å². The Balaban J connectivity index is 2.66. The molecule has 11 heavy (non-hydrogen) atoms. The quantitative estimate of drug-likeness (QED) is 0.693. The van der Waals surface area contributed by atoms with Crippen molar-refractivity contribution in [2.24, 2.45) is 0 Å². The van der Waals surface area contributed by atoms with Crippen LogP contribution in [0.25, 0.3) is 0 Å². The number of nitrogens with zero attached hydrogens (tertiary/aromatic N) is 1. The number of pyridine rings is 1. The monoisotopic (exact) mass is 169 g/mol. The second-order valence-electron chi connectivity index (χ2n) is 2.18. The molecule has 0 aliphatic carbocycles. The molecule has 0 saturated carbocycles. The number of rotatable bonds is 3. The summed E-state index contributed by atoms with van der Waals surface area (Å²) in [5.41, 5.74) is 1.09. The normalized spacial score (nSPS) is 10.0. The number of aromatic nitrogens is 1. The molecule has 1 rings (SSSR count). The highest BCUT2D eigenvalue weighted by molar-refractivity contribution is 7.98. The summed E-state index contributed by atoms with van der Waals surface area (Å²) in [5, 5.41) is 9.63. The molecule has 0 atom stereocenters. The highest BCUT2D eigenvalue weighted by Gasteiger charge is 1.92. The van der Waals surface area contributed by atoms with Gasteiger partial charge >= 0.3 is 0 Å². The van der Waals surface area contributed by atoms with Crippen molar-refractivity contribution in [2.75, 3.05) is 12.9 Å². The van der Waals surface area contributed by atoms with Gasteiger partial charge in [0.05, 0.1) is 5.03 Å². The van der Waals surface area contributed by atoms with Crippen LogP contribution in [0.15, 0.2) is 23.4 Å². The summed E-state index contributed by atoms with van der Waals surface area (Å²) in [6.45, 7) is 0.195. The van der Waals surface area contributed by atoms with Crippen LogP contribution in [0, 0.1) is 0 Å². The van der Waals surface area contributed by atoms with Crippen LogP contribution in [0.4, 0.5) is 0 Å². The molecule has 0 saturated heterocycles. The van der Waals surface area contributed by atoms with Gasteiger partial charge in [0, 0.05) is 12.8 Å². The van der Waals surface area contributed by atoms with E-state index < -0.39 is 0 Å². The molecule has 1 aromatic rings. The predicted octanol–water partition coefficient (Wildman–Crippen LogP) is 1.34. The standard InChI is InChI=1S/C8H11NOS/c1-11-8-3-2-7(4-5-10)6-9-8/h2-3,6,10H,4-5H2,1H3. The number of hydrogen-bond donors (Lipinski definition) is 1. The molecule has 0 aliphatic heterocycles. The fraction of sp³-hybridized carbons (Fsp3) is 0.375. The molecule has 0 radical (unpaired) electrons. The van der Waals surface area contributed by atoms with E-state index in [1.54, 1.807) is 11.8 Å². The molecule has 2 nitrogen and oxygen atoms in total. The molecular formula is C8H11NOS. The van der Waals surface area contributed by atoms with Crippen molar-refractivity contribution in [3.05, 3.63) is 23.9 Å². The van der Waals surface area contributed by atoms with Gasteiger partial charge in [0.25, 0.3) is 0 Å². The van der Waals surface area contributed by atoms with E-state index in [2.05, 4.69) is 4.98 Å². The van der Waals surface area contributed by atoms with Gasteiger partial charge in [-0.1, -0.05) is 6.07 Å². The molecule has 0 spiro atoms. The van der Waals surface area contributed by atoms with Gasteiger partial charge < -0.3 is 5.11 Å². The zero-order valence-electron chi connectivity index (χ0n) is 6.45. The summed E-state index contributed by atoms with van der Waals surface area (Å²) in [6.07, 6.45) is 4.50. The summed E-state index contributed by atoms with van der Waals surface area (Å²) < 4.78 is 0. The third kappa shape index (κ3) is 2.52. The molecule has 0 fully saturated rings. The lowest BCUT2D eigenvalue weighted by atomic mass is 10.2. The Bertz CT molecular complexity index is 210. The fourth-order valence-electron chi connectivity index (χ4n) is 0.809. The van der Waals surface area contributed by atoms with Crippen LogP contribution < -0.4 is 0 Å². The Labute approximate surface area is 70.7 Å². The van der Waals surface area contributed by atoms with E-state index in [0.717, 1.165) is 10.6 Å². The minimum Gasteiger partial charge on any atom is -0.396 e. The lowest BCUT2D eigenvalue weighted by molar-refractivity contribution is 0.299. The first-order valence-electron chi connectivity index (χ1n) is 3.46. The van der Waals surface area contributed by atoms with Crippen molar-refractivity contribution < 1.29 is 5.11 Å². The van der Waals surface area contributed by atoms with Crippen LogP contribution in [0.5, 0.6) is 0 Å². The molecule has 0 unspecified atom stereocenters. The van der Waals surface area contributed by atoms with Crippen molar-refractivity contribution in [1.82, 2.24) is 4.98 Å². The molecule has 1 heterocycles. The maximum atomic E-state index is 8.61. The van der Waals surface area contributed by atoms with E-state index in [1.807, 2.05) is 24.6 Å². The lowest BCUT2D eigenvalue weighted by Crippen LogP contribution is -1.91. The fourth-order valence-corrected chi connectivity index (χ4v) is 1.17. The number of aliphatic hydroxyl groups excluding tert-OH is 1. The Hall–Kier alpha value is -0.540. The summed E-state index contributed by atoms with van der Waals surface area (Å²) in [7, 11) is 0. The van der Waals surface area contributed by atoms with Gasteiger partial charge in [-0.3, -0.25) is 0 Å². The van der Waals surface area contributed by atoms with Gasteiger partial charge in [-0.15, -0.1) is 11.8 Å². The third-order valence-corrected chi connectivity index (χ3v) is 2.07. The number of hydrogen-bond acceptors (Lipinski definition) is 3. The molecule has 1 N–H and O–H groups in total. The highest BCUT2D eigenvalue weighted by atomic mass is 32.2. The average Bonchev–Trinajstić information content (AvgIpc) is 2.07. The highest BCUT2D eigenvalue weighted by Crippen LogP contribution is 2.10. The minimum atomic E-state index is 0.195. The Morgan fingerprint density at radius 2 is 2.36 bits per heavy atom. The van der Waals surface area contributed by atoms with Crippen molar-refractivity contribution in [2.45, 2.75) is 11.4 Å². The van der Waals surface area contributed by atoms with E-state index in [4.69, 9.17) is 5.11 Å². The van der Waals surface area contributed by atoms with Gasteiger partial charge in [0.1, 0.15) is 0 Å². The average molecular weight is 169 g/mol. The van der Waals surface area contributed by atoms with Crippen LogP contribution in [0.3, 0.4) is 0 Å². The molecule has 1 aromatic heterocycles. The van der Waals surface area contributed by atoms with Crippen molar-refractivity contribution in [3.8, 4) is 0 Å². The first kappa shape index (κ1) is 8.56. The lowest BCUT2D eigenvalue weighted by Gasteiger charge is -1.97. The smallest absolute Gasteiger partial charge is 0.0957 e. The van der Waals surface area contributed by atoms with E-state index in [1.165, 1.54) is 0 Å². The summed E-state index contributed by atoms with van der Waals surface area (Å²) in [5.74, 6) is 0. The topological polar surface area (TPSA) is 33.1 Å². The van der Waals surface area contributed by atoms with Crippen molar-refractivity contribution >= 4 is 11.8 Å². The molecule has 60 valence electrons. The molecule has 3 heteroatoms. The second kappa shape index (κ2) is 4.36. The summed E-state index contributed by atoms with van der Waals surface area (Å²) in [4.78, 5) is 4.17. The first-order chi connectivity index (χ1) is 5.36. The van der Waals surface area contributed by atoms with Gasteiger partial charge in [-0.2, -0.15) is 0 Å². The van der Waals surface area contributed by atoms with Gasteiger partial charge in [0.15, 0.2) is 0 Å². The van der Waals surface area contributed by atoms with Crippen LogP contribution in [-0.4, -0.2) is 23.0 Å². The van der Waals surface area contributed by atoms with E-state index in [9.17, 15) is 0 Å². The third-order valence-electron chi connectivity index (χ3n) is 1.41. The van der Waals surface area contributed by atoms with Gasteiger partial charge in [-0.05, 0) is 24.3 Å².